The van der Waals surface area contributed by atoms with E-state index < -0.39 is 5.41 Å². The summed E-state index contributed by atoms with van der Waals surface area (Å²) in [6.45, 7) is 0. The van der Waals surface area contributed by atoms with E-state index in [1.807, 2.05) is 18.2 Å². The maximum absolute atomic E-state index is 14.1. The molecule has 0 aromatic heterocycles. The summed E-state index contributed by atoms with van der Waals surface area (Å²) in [7, 11) is 0. The van der Waals surface area contributed by atoms with Gasteiger partial charge in [-0.05, 0) is 92.6 Å². The summed E-state index contributed by atoms with van der Waals surface area (Å²) in [5.74, 6) is 1.94. The van der Waals surface area contributed by atoms with Gasteiger partial charge in [0.2, 0.25) is 0 Å². The van der Waals surface area contributed by atoms with Crippen LogP contribution in [0.1, 0.15) is 81.4 Å². The summed E-state index contributed by atoms with van der Waals surface area (Å²) in [4.78, 5) is 14.1. The number of Topliss-reactive ketones (excluding diaryl/α,β-unsaturated/α-hetero) is 1. The van der Waals surface area contributed by atoms with Crippen LogP contribution in [0.5, 0.6) is 0 Å². The van der Waals surface area contributed by atoms with Crippen LogP contribution in [-0.4, -0.2) is 5.78 Å². The van der Waals surface area contributed by atoms with Gasteiger partial charge in [-0.1, -0.05) is 72.3 Å². The summed E-state index contributed by atoms with van der Waals surface area (Å²) >= 11 is 0. The third kappa shape index (κ3) is 3.78. The molecule has 6 rings (SSSR count). The molecule has 2 aromatic rings. The molecule has 0 bridgehead atoms. The van der Waals surface area contributed by atoms with Crippen LogP contribution in [0.25, 0.3) is 6.08 Å². The largest absolute Gasteiger partial charge is 0.488 e. The van der Waals surface area contributed by atoms with Crippen LogP contribution in [-0.2, 0) is 9.53 Å². The van der Waals surface area contributed by atoms with Crippen molar-refractivity contribution in [3.8, 4) is 0 Å². The second-order valence-corrected chi connectivity index (χ2v) is 10.6. The molecule has 3 atom stereocenters. The molecule has 174 valence electrons. The van der Waals surface area contributed by atoms with Gasteiger partial charge in [0.15, 0.2) is 5.78 Å². The van der Waals surface area contributed by atoms with E-state index in [0.29, 0.717) is 11.7 Å². The smallest absolute Gasteiger partial charge is 0.169 e. The van der Waals surface area contributed by atoms with Gasteiger partial charge in [-0.3, -0.25) is 4.79 Å². The highest BCUT2D eigenvalue weighted by Crippen LogP contribution is 2.59. The Hall–Kier alpha value is -2.87. The zero-order valence-corrected chi connectivity index (χ0v) is 20.0. The molecule has 1 saturated carbocycles. The van der Waals surface area contributed by atoms with E-state index in [1.165, 1.54) is 49.9 Å². The Balaban J connectivity index is 1.41. The molecule has 0 N–H and O–H groups in total. The summed E-state index contributed by atoms with van der Waals surface area (Å²) < 4.78 is 7.04. The molecule has 34 heavy (non-hydrogen) atoms. The van der Waals surface area contributed by atoms with Crippen LogP contribution in [0.15, 0.2) is 89.2 Å². The Labute approximate surface area is 203 Å². The van der Waals surface area contributed by atoms with Gasteiger partial charge in [-0.25, -0.2) is 0 Å². The predicted molar refractivity (Wildman–Crippen MR) is 137 cm³/mol. The van der Waals surface area contributed by atoms with Gasteiger partial charge in [0, 0.05) is 5.92 Å². The van der Waals surface area contributed by atoms with Crippen molar-refractivity contribution in [1.82, 2.24) is 0 Å². The molecule has 1 spiro atoms. The monoisotopic (exact) mass is 450 g/mol. The molecule has 2 aromatic carbocycles. The van der Waals surface area contributed by atoms with Crippen LogP contribution in [0.2, 0.25) is 0 Å². The standard InChI is InChI=1S/C32H34O2/c33-30-26(21-23-11-4-1-5-12-23)19-20-32(30)22-27-17-10-18-28(24-13-6-2-7-14-24)29(27)34-31(32)25-15-8-3-9-16-25/h1,3-5,8-9,11-13,15-16,21,28,31H,2,6-7,10,14,17-20,22H2/t28-,31-,32-/m1/s1. The van der Waals surface area contributed by atoms with Crippen LogP contribution in [0, 0.1) is 11.3 Å². The van der Waals surface area contributed by atoms with Gasteiger partial charge in [-0.15, -0.1) is 0 Å². The average Bonchev–Trinajstić information content (AvgIpc) is 3.19. The quantitative estimate of drug-likeness (QED) is 0.348. The van der Waals surface area contributed by atoms with Crippen molar-refractivity contribution in [3.05, 3.63) is 100 Å². The predicted octanol–water partition coefficient (Wildman–Crippen LogP) is 8.14. The van der Waals surface area contributed by atoms with Crippen molar-refractivity contribution in [2.75, 3.05) is 0 Å². The fourth-order valence-corrected chi connectivity index (χ4v) is 6.83. The van der Waals surface area contributed by atoms with Crippen molar-refractivity contribution >= 4 is 11.9 Å². The molecule has 1 fully saturated rings. The number of hydrogen-bond acceptors (Lipinski definition) is 2. The second kappa shape index (κ2) is 9.06. The van der Waals surface area contributed by atoms with E-state index in [0.717, 1.165) is 42.4 Å². The average molecular weight is 451 g/mol. The summed E-state index contributed by atoms with van der Waals surface area (Å²) in [5.41, 5.74) is 5.74. The van der Waals surface area contributed by atoms with Crippen LogP contribution in [0.4, 0.5) is 0 Å². The van der Waals surface area contributed by atoms with Gasteiger partial charge >= 0.3 is 0 Å². The number of ketones is 1. The molecule has 4 aliphatic rings. The molecule has 0 radical (unpaired) electrons. The molecule has 0 amide bonds. The lowest BCUT2D eigenvalue weighted by molar-refractivity contribution is -0.134. The number of benzene rings is 2. The van der Waals surface area contributed by atoms with Crippen molar-refractivity contribution in [2.45, 2.75) is 70.3 Å². The SMILES string of the molecule is O=C1C(=Cc2ccccc2)CC[C@@]12CC1=C(O[C@@H]2c2ccccc2)[C@@H](C2=CCCCC2)CCC1. The van der Waals surface area contributed by atoms with Crippen molar-refractivity contribution in [1.29, 1.82) is 0 Å². The first-order chi connectivity index (χ1) is 16.7. The molecule has 2 heteroatoms. The third-order valence-corrected chi connectivity index (χ3v) is 8.51. The second-order valence-electron chi connectivity index (χ2n) is 10.6. The Kier molecular flexibility index (Phi) is 5.77. The maximum Gasteiger partial charge on any atom is 0.169 e. The van der Waals surface area contributed by atoms with E-state index in [1.54, 1.807) is 5.57 Å². The summed E-state index contributed by atoms with van der Waals surface area (Å²) in [6, 6.07) is 20.8. The molecule has 1 heterocycles. The van der Waals surface area contributed by atoms with Gasteiger partial charge in [-0.2, -0.15) is 0 Å². The third-order valence-electron chi connectivity index (χ3n) is 8.51. The van der Waals surface area contributed by atoms with E-state index >= 15 is 0 Å². The lowest BCUT2D eigenvalue weighted by Crippen LogP contribution is -2.40. The minimum Gasteiger partial charge on any atom is -0.488 e. The first-order valence-electron chi connectivity index (χ1n) is 13.2. The number of carbonyl (C=O) groups is 1. The van der Waals surface area contributed by atoms with Crippen molar-refractivity contribution < 1.29 is 9.53 Å². The van der Waals surface area contributed by atoms with Crippen LogP contribution >= 0.6 is 0 Å². The Morgan fingerprint density at radius 2 is 1.68 bits per heavy atom. The summed E-state index contributed by atoms with van der Waals surface area (Å²) in [6.07, 6.45) is 15.4. The normalized spacial score (nSPS) is 30.3. The first-order valence-corrected chi connectivity index (χ1v) is 13.2. The Bertz CT molecular complexity index is 1150. The van der Waals surface area contributed by atoms with Crippen LogP contribution < -0.4 is 0 Å². The maximum atomic E-state index is 14.1. The Morgan fingerprint density at radius 1 is 0.882 bits per heavy atom. The minimum atomic E-state index is -0.483. The molecule has 3 aliphatic carbocycles. The van der Waals surface area contributed by atoms with Crippen molar-refractivity contribution in [3.63, 3.8) is 0 Å². The Morgan fingerprint density at radius 3 is 2.44 bits per heavy atom. The van der Waals surface area contributed by atoms with E-state index in [9.17, 15) is 4.79 Å². The van der Waals surface area contributed by atoms with Crippen molar-refractivity contribution in [2.24, 2.45) is 11.3 Å². The molecule has 0 saturated heterocycles. The van der Waals surface area contributed by atoms with E-state index in [4.69, 9.17) is 4.74 Å². The fraction of sp³-hybridized carbons (Fsp3) is 0.406. The highest BCUT2D eigenvalue weighted by atomic mass is 16.5. The highest BCUT2D eigenvalue weighted by Gasteiger charge is 2.56. The lowest BCUT2D eigenvalue weighted by atomic mass is 9.66. The fourth-order valence-electron chi connectivity index (χ4n) is 6.83. The van der Waals surface area contributed by atoms with E-state index in [2.05, 4.69) is 54.6 Å². The molecular weight excluding hydrogens is 416 g/mol. The number of hydrogen-bond donors (Lipinski definition) is 0. The van der Waals surface area contributed by atoms with Gasteiger partial charge in [0.05, 0.1) is 5.41 Å². The van der Waals surface area contributed by atoms with Gasteiger partial charge in [0.25, 0.3) is 0 Å². The van der Waals surface area contributed by atoms with Gasteiger partial charge < -0.3 is 4.74 Å². The number of rotatable bonds is 3. The van der Waals surface area contributed by atoms with Gasteiger partial charge in [0.1, 0.15) is 11.9 Å². The van der Waals surface area contributed by atoms with Crippen LogP contribution in [0.3, 0.4) is 0 Å². The number of allylic oxidation sites excluding steroid dienone is 4. The molecule has 0 unspecified atom stereocenters. The topological polar surface area (TPSA) is 26.3 Å². The van der Waals surface area contributed by atoms with E-state index in [-0.39, 0.29) is 6.10 Å². The molecular formula is C32H34O2. The molecule has 1 aliphatic heterocycles. The minimum absolute atomic E-state index is 0.202. The lowest BCUT2D eigenvalue weighted by Gasteiger charge is -2.46. The number of ether oxygens (including phenoxy) is 1. The number of carbonyl (C=O) groups excluding carboxylic acids is 1. The first kappa shape index (κ1) is 21.6. The highest BCUT2D eigenvalue weighted by molar-refractivity contribution is 6.06. The molecule has 2 nitrogen and oxygen atoms in total. The summed E-state index contributed by atoms with van der Waals surface area (Å²) in [5, 5.41) is 0. The zero-order chi connectivity index (χ0) is 23.0. The zero-order valence-electron chi connectivity index (χ0n) is 20.0.